The SMILES string of the molecule is CCOC(=O)c1cccc(COc2ccc(C)cc2)c1. The molecule has 0 saturated heterocycles. The predicted molar refractivity (Wildman–Crippen MR) is 77.9 cm³/mol. The molecule has 3 nitrogen and oxygen atoms in total. The molecule has 0 heterocycles. The highest BCUT2D eigenvalue weighted by atomic mass is 16.5. The minimum atomic E-state index is -0.301. The Morgan fingerprint density at radius 1 is 1.10 bits per heavy atom. The van der Waals surface area contributed by atoms with Gasteiger partial charge in [0.25, 0.3) is 0 Å². The first-order chi connectivity index (χ1) is 9.69. The fraction of sp³-hybridized carbons (Fsp3) is 0.235. The third-order valence-corrected chi connectivity index (χ3v) is 2.86. The van der Waals surface area contributed by atoms with Gasteiger partial charge in [0.15, 0.2) is 0 Å². The van der Waals surface area contributed by atoms with E-state index in [4.69, 9.17) is 9.47 Å². The zero-order valence-electron chi connectivity index (χ0n) is 11.8. The van der Waals surface area contributed by atoms with Crippen LogP contribution in [0.5, 0.6) is 5.75 Å². The normalized spacial score (nSPS) is 10.1. The van der Waals surface area contributed by atoms with Gasteiger partial charge in [-0.05, 0) is 43.7 Å². The second-order valence-electron chi connectivity index (χ2n) is 4.52. The third kappa shape index (κ3) is 3.85. The van der Waals surface area contributed by atoms with Crippen molar-refractivity contribution in [1.29, 1.82) is 0 Å². The molecule has 0 N–H and O–H groups in total. The summed E-state index contributed by atoms with van der Waals surface area (Å²) in [5.41, 5.74) is 2.69. The minimum absolute atomic E-state index is 0.301. The van der Waals surface area contributed by atoms with Gasteiger partial charge in [0.05, 0.1) is 12.2 Å². The van der Waals surface area contributed by atoms with Crippen molar-refractivity contribution in [3.05, 3.63) is 65.2 Å². The fourth-order valence-electron chi connectivity index (χ4n) is 1.80. The van der Waals surface area contributed by atoms with Crippen molar-refractivity contribution in [3.8, 4) is 5.75 Å². The van der Waals surface area contributed by atoms with Crippen molar-refractivity contribution in [2.24, 2.45) is 0 Å². The first-order valence-corrected chi connectivity index (χ1v) is 6.64. The molecule has 0 amide bonds. The maximum absolute atomic E-state index is 11.6. The average Bonchev–Trinajstić information content (AvgIpc) is 2.47. The van der Waals surface area contributed by atoms with Gasteiger partial charge >= 0.3 is 5.97 Å². The van der Waals surface area contributed by atoms with Crippen LogP contribution < -0.4 is 4.74 Å². The van der Waals surface area contributed by atoms with Gasteiger partial charge in [0, 0.05) is 0 Å². The molecule has 0 fully saturated rings. The summed E-state index contributed by atoms with van der Waals surface area (Å²) in [6, 6.07) is 15.2. The van der Waals surface area contributed by atoms with E-state index in [1.807, 2.05) is 43.3 Å². The summed E-state index contributed by atoms with van der Waals surface area (Å²) in [6.07, 6.45) is 0. The number of aryl methyl sites for hydroxylation is 1. The first-order valence-electron chi connectivity index (χ1n) is 6.64. The van der Waals surface area contributed by atoms with Crippen LogP contribution in [0.25, 0.3) is 0 Å². The van der Waals surface area contributed by atoms with Gasteiger partial charge in [-0.1, -0.05) is 29.8 Å². The van der Waals surface area contributed by atoms with Gasteiger partial charge in [-0.15, -0.1) is 0 Å². The van der Waals surface area contributed by atoms with Gasteiger partial charge in [-0.25, -0.2) is 4.79 Å². The lowest BCUT2D eigenvalue weighted by Gasteiger charge is -2.08. The average molecular weight is 270 g/mol. The largest absolute Gasteiger partial charge is 0.489 e. The predicted octanol–water partition coefficient (Wildman–Crippen LogP) is 3.75. The topological polar surface area (TPSA) is 35.5 Å². The Balaban J connectivity index is 2.01. The molecule has 0 bridgehead atoms. The molecule has 0 aromatic heterocycles. The first kappa shape index (κ1) is 14.1. The number of benzene rings is 2. The van der Waals surface area contributed by atoms with Gasteiger partial charge in [-0.2, -0.15) is 0 Å². The van der Waals surface area contributed by atoms with Crippen LogP contribution in [-0.4, -0.2) is 12.6 Å². The van der Waals surface area contributed by atoms with Crippen LogP contribution in [0.2, 0.25) is 0 Å². The number of hydrogen-bond donors (Lipinski definition) is 0. The zero-order valence-corrected chi connectivity index (χ0v) is 11.8. The quantitative estimate of drug-likeness (QED) is 0.776. The van der Waals surface area contributed by atoms with Crippen LogP contribution in [0.1, 0.15) is 28.4 Å². The van der Waals surface area contributed by atoms with Crippen molar-refractivity contribution in [2.45, 2.75) is 20.5 Å². The van der Waals surface area contributed by atoms with Crippen LogP contribution in [0.3, 0.4) is 0 Å². The Hall–Kier alpha value is -2.29. The lowest BCUT2D eigenvalue weighted by atomic mass is 10.1. The molecule has 0 aliphatic heterocycles. The van der Waals surface area contributed by atoms with E-state index in [1.54, 1.807) is 19.1 Å². The van der Waals surface area contributed by atoms with E-state index < -0.39 is 0 Å². The number of rotatable bonds is 5. The van der Waals surface area contributed by atoms with E-state index in [9.17, 15) is 4.79 Å². The highest BCUT2D eigenvalue weighted by Crippen LogP contribution is 2.14. The molecule has 0 saturated carbocycles. The van der Waals surface area contributed by atoms with Gasteiger partial charge in [0.2, 0.25) is 0 Å². The molecule has 2 rings (SSSR count). The molecule has 2 aromatic rings. The summed E-state index contributed by atoms with van der Waals surface area (Å²) in [4.78, 5) is 11.6. The monoisotopic (exact) mass is 270 g/mol. The molecule has 104 valence electrons. The Morgan fingerprint density at radius 3 is 2.55 bits per heavy atom. The van der Waals surface area contributed by atoms with Crippen molar-refractivity contribution < 1.29 is 14.3 Å². The molecule has 0 unspecified atom stereocenters. The standard InChI is InChI=1S/C17H18O3/c1-3-19-17(18)15-6-4-5-14(11-15)12-20-16-9-7-13(2)8-10-16/h4-11H,3,12H2,1-2H3. The smallest absolute Gasteiger partial charge is 0.338 e. The maximum Gasteiger partial charge on any atom is 0.338 e. The van der Waals surface area contributed by atoms with Crippen molar-refractivity contribution >= 4 is 5.97 Å². The lowest BCUT2D eigenvalue weighted by Crippen LogP contribution is -2.05. The summed E-state index contributed by atoms with van der Waals surface area (Å²) >= 11 is 0. The summed E-state index contributed by atoms with van der Waals surface area (Å²) in [7, 11) is 0. The summed E-state index contributed by atoms with van der Waals surface area (Å²) in [6.45, 7) is 4.63. The van der Waals surface area contributed by atoms with Crippen LogP contribution in [0.4, 0.5) is 0 Å². The second-order valence-corrected chi connectivity index (χ2v) is 4.52. The van der Waals surface area contributed by atoms with Crippen LogP contribution in [0, 0.1) is 6.92 Å². The van der Waals surface area contributed by atoms with Crippen LogP contribution >= 0.6 is 0 Å². The Labute approximate surface area is 119 Å². The molecule has 20 heavy (non-hydrogen) atoms. The molecular formula is C17H18O3. The van der Waals surface area contributed by atoms with Gasteiger partial charge < -0.3 is 9.47 Å². The molecule has 0 atom stereocenters. The van der Waals surface area contributed by atoms with E-state index in [0.29, 0.717) is 18.8 Å². The lowest BCUT2D eigenvalue weighted by molar-refractivity contribution is 0.0526. The second kappa shape index (κ2) is 6.75. The Bertz CT molecular complexity index is 573. The Morgan fingerprint density at radius 2 is 1.85 bits per heavy atom. The summed E-state index contributed by atoms with van der Waals surface area (Å²) in [5.74, 6) is 0.516. The molecule has 0 aliphatic carbocycles. The number of carbonyl (C=O) groups is 1. The van der Waals surface area contributed by atoms with Crippen molar-refractivity contribution in [3.63, 3.8) is 0 Å². The highest BCUT2D eigenvalue weighted by molar-refractivity contribution is 5.89. The zero-order chi connectivity index (χ0) is 14.4. The van der Waals surface area contributed by atoms with E-state index in [1.165, 1.54) is 5.56 Å². The summed E-state index contributed by atoms with van der Waals surface area (Å²) < 4.78 is 10.7. The molecule has 2 aromatic carbocycles. The summed E-state index contributed by atoms with van der Waals surface area (Å²) in [5, 5.41) is 0. The third-order valence-electron chi connectivity index (χ3n) is 2.86. The van der Waals surface area contributed by atoms with E-state index >= 15 is 0 Å². The van der Waals surface area contributed by atoms with E-state index in [2.05, 4.69) is 0 Å². The number of esters is 1. The van der Waals surface area contributed by atoms with Crippen molar-refractivity contribution in [1.82, 2.24) is 0 Å². The molecule has 3 heteroatoms. The molecule has 0 radical (unpaired) electrons. The van der Waals surface area contributed by atoms with Gasteiger partial charge in [-0.3, -0.25) is 0 Å². The van der Waals surface area contributed by atoms with Crippen LogP contribution in [0.15, 0.2) is 48.5 Å². The highest BCUT2D eigenvalue weighted by Gasteiger charge is 2.06. The van der Waals surface area contributed by atoms with Crippen LogP contribution in [-0.2, 0) is 11.3 Å². The van der Waals surface area contributed by atoms with Crippen molar-refractivity contribution in [2.75, 3.05) is 6.61 Å². The fourth-order valence-corrected chi connectivity index (χ4v) is 1.80. The van der Waals surface area contributed by atoms with Gasteiger partial charge in [0.1, 0.15) is 12.4 Å². The van der Waals surface area contributed by atoms with E-state index in [-0.39, 0.29) is 5.97 Å². The molecule has 0 spiro atoms. The minimum Gasteiger partial charge on any atom is -0.489 e. The number of carbonyl (C=O) groups excluding carboxylic acids is 1. The Kier molecular flexibility index (Phi) is 4.77. The number of hydrogen-bond acceptors (Lipinski definition) is 3. The molecular weight excluding hydrogens is 252 g/mol. The molecule has 0 aliphatic rings. The number of ether oxygens (including phenoxy) is 2. The maximum atomic E-state index is 11.6. The van der Waals surface area contributed by atoms with E-state index in [0.717, 1.165) is 11.3 Å².